The molecule has 5 heteroatoms. The summed E-state index contributed by atoms with van der Waals surface area (Å²) in [6.07, 6.45) is 0. The van der Waals surface area contributed by atoms with E-state index in [-0.39, 0.29) is 5.91 Å². The van der Waals surface area contributed by atoms with Crippen LogP contribution in [0.4, 0.5) is 5.69 Å². The number of carbonyl (C=O) groups is 1. The van der Waals surface area contributed by atoms with Crippen molar-refractivity contribution in [1.82, 2.24) is 0 Å². The average Bonchev–Trinajstić information content (AvgIpc) is 2.70. The summed E-state index contributed by atoms with van der Waals surface area (Å²) in [5.74, 6) is 1.85. The van der Waals surface area contributed by atoms with Crippen LogP contribution in [-0.2, 0) is 4.74 Å². The number of hydrogen-bond acceptors (Lipinski definition) is 4. The molecular weight excluding hydrogens is 342 g/mol. The predicted octanol–water partition coefficient (Wildman–Crippen LogP) is 4.76. The maximum Gasteiger partial charge on any atom is 0.255 e. The van der Waals surface area contributed by atoms with Crippen LogP contribution in [0.5, 0.6) is 17.2 Å². The van der Waals surface area contributed by atoms with E-state index in [4.69, 9.17) is 14.2 Å². The van der Waals surface area contributed by atoms with Crippen LogP contribution in [0.3, 0.4) is 0 Å². The molecule has 0 saturated carbocycles. The van der Waals surface area contributed by atoms with E-state index >= 15 is 0 Å². The molecule has 3 aromatic rings. The molecule has 1 amide bonds. The number of benzene rings is 3. The summed E-state index contributed by atoms with van der Waals surface area (Å²) in [7, 11) is 1.63. The van der Waals surface area contributed by atoms with Crippen LogP contribution < -0.4 is 14.8 Å². The van der Waals surface area contributed by atoms with Gasteiger partial charge in [0.25, 0.3) is 5.91 Å². The molecule has 0 heterocycles. The Hall–Kier alpha value is -3.31. The SMILES string of the molecule is COCCOc1ccc(NC(=O)c2cccc(Oc3ccccc3)c2)cc1. The molecule has 138 valence electrons. The minimum absolute atomic E-state index is 0.207. The van der Waals surface area contributed by atoms with Gasteiger partial charge >= 0.3 is 0 Å². The Bertz CT molecular complexity index is 863. The highest BCUT2D eigenvalue weighted by Gasteiger charge is 2.08. The minimum atomic E-state index is -0.207. The van der Waals surface area contributed by atoms with Gasteiger partial charge in [-0.3, -0.25) is 4.79 Å². The number of methoxy groups -OCH3 is 1. The van der Waals surface area contributed by atoms with Crippen molar-refractivity contribution >= 4 is 11.6 Å². The summed E-state index contributed by atoms with van der Waals surface area (Å²) in [5, 5.41) is 2.87. The van der Waals surface area contributed by atoms with Gasteiger partial charge in [0.15, 0.2) is 0 Å². The van der Waals surface area contributed by atoms with E-state index in [0.717, 1.165) is 11.5 Å². The molecule has 0 unspecified atom stereocenters. The zero-order valence-corrected chi connectivity index (χ0v) is 15.1. The number of carbonyl (C=O) groups excluding carboxylic acids is 1. The lowest BCUT2D eigenvalue weighted by Crippen LogP contribution is -2.11. The summed E-state index contributed by atoms with van der Waals surface area (Å²) in [4.78, 5) is 12.5. The maximum atomic E-state index is 12.5. The molecule has 1 N–H and O–H groups in total. The monoisotopic (exact) mass is 363 g/mol. The van der Waals surface area contributed by atoms with Crippen LogP contribution in [0.1, 0.15) is 10.4 Å². The Kier molecular flexibility index (Phi) is 6.44. The largest absolute Gasteiger partial charge is 0.491 e. The van der Waals surface area contributed by atoms with E-state index in [2.05, 4.69) is 5.32 Å². The number of nitrogens with one attached hydrogen (secondary N) is 1. The van der Waals surface area contributed by atoms with Crippen molar-refractivity contribution in [2.45, 2.75) is 0 Å². The second kappa shape index (κ2) is 9.40. The van der Waals surface area contributed by atoms with Gasteiger partial charge in [0, 0.05) is 18.4 Å². The third-order valence-electron chi connectivity index (χ3n) is 3.74. The van der Waals surface area contributed by atoms with Gasteiger partial charge in [-0.1, -0.05) is 24.3 Å². The number of hydrogen-bond donors (Lipinski definition) is 1. The van der Waals surface area contributed by atoms with Crippen molar-refractivity contribution in [3.63, 3.8) is 0 Å². The number of ether oxygens (including phenoxy) is 3. The molecule has 0 aliphatic heterocycles. The quantitative estimate of drug-likeness (QED) is 0.587. The molecule has 27 heavy (non-hydrogen) atoms. The summed E-state index contributed by atoms with van der Waals surface area (Å²) >= 11 is 0. The molecule has 0 radical (unpaired) electrons. The Morgan fingerprint density at radius 1 is 0.815 bits per heavy atom. The Labute approximate surface area is 158 Å². The molecule has 5 nitrogen and oxygen atoms in total. The molecule has 0 aliphatic rings. The molecular formula is C22H21NO4. The first-order valence-corrected chi connectivity index (χ1v) is 8.61. The standard InChI is InChI=1S/C22H21NO4/c1-25-14-15-26-19-12-10-18(11-13-19)23-22(24)17-6-5-9-21(16-17)27-20-7-3-2-4-8-20/h2-13,16H,14-15H2,1H3,(H,23,24). The fraction of sp³-hybridized carbons (Fsp3) is 0.136. The van der Waals surface area contributed by atoms with Crippen LogP contribution in [0, 0.1) is 0 Å². The summed E-state index contributed by atoms with van der Waals surface area (Å²) < 4.78 is 16.2. The first-order chi connectivity index (χ1) is 13.2. The second-order valence-corrected chi connectivity index (χ2v) is 5.76. The van der Waals surface area contributed by atoms with Crippen molar-refractivity contribution in [3.05, 3.63) is 84.4 Å². The Morgan fingerprint density at radius 3 is 2.30 bits per heavy atom. The van der Waals surface area contributed by atoms with E-state index in [1.54, 1.807) is 49.6 Å². The highest BCUT2D eigenvalue weighted by Crippen LogP contribution is 2.22. The first kappa shape index (κ1) is 18.5. The summed E-state index contributed by atoms with van der Waals surface area (Å²) in [6.45, 7) is 1.01. The first-order valence-electron chi connectivity index (χ1n) is 8.61. The summed E-state index contributed by atoms with van der Waals surface area (Å²) in [5.41, 5.74) is 1.21. The van der Waals surface area contributed by atoms with E-state index in [0.29, 0.717) is 30.2 Å². The minimum Gasteiger partial charge on any atom is -0.491 e. The molecule has 0 spiro atoms. The number of amides is 1. The van der Waals surface area contributed by atoms with Gasteiger partial charge in [-0.05, 0) is 54.6 Å². The molecule has 0 bridgehead atoms. The fourth-order valence-corrected chi connectivity index (χ4v) is 2.41. The van der Waals surface area contributed by atoms with E-state index < -0.39 is 0 Å². The van der Waals surface area contributed by atoms with Gasteiger partial charge in [-0.25, -0.2) is 0 Å². The molecule has 3 aromatic carbocycles. The van der Waals surface area contributed by atoms with Crippen LogP contribution in [0.15, 0.2) is 78.9 Å². The topological polar surface area (TPSA) is 56.8 Å². The Morgan fingerprint density at radius 2 is 1.56 bits per heavy atom. The van der Waals surface area contributed by atoms with Gasteiger partial charge in [0.2, 0.25) is 0 Å². The summed E-state index contributed by atoms with van der Waals surface area (Å²) in [6, 6.07) is 23.7. The van der Waals surface area contributed by atoms with Crippen molar-refractivity contribution in [3.8, 4) is 17.2 Å². The third kappa shape index (κ3) is 5.59. The number of anilines is 1. The fourth-order valence-electron chi connectivity index (χ4n) is 2.41. The zero-order valence-electron chi connectivity index (χ0n) is 15.1. The molecule has 0 atom stereocenters. The molecule has 0 fully saturated rings. The van der Waals surface area contributed by atoms with E-state index in [1.807, 2.05) is 36.4 Å². The normalized spacial score (nSPS) is 10.3. The zero-order chi connectivity index (χ0) is 18.9. The van der Waals surface area contributed by atoms with Crippen molar-refractivity contribution < 1.29 is 19.0 Å². The second-order valence-electron chi connectivity index (χ2n) is 5.76. The van der Waals surface area contributed by atoms with Gasteiger partial charge in [0.05, 0.1) is 6.61 Å². The van der Waals surface area contributed by atoms with Gasteiger partial charge < -0.3 is 19.5 Å². The van der Waals surface area contributed by atoms with Crippen molar-refractivity contribution in [1.29, 1.82) is 0 Å². The van der Waals surface area contributed by atoms with E-state index in [9.17, 15) is 4.79 Å². The van der Waals surface area contributed by atoms with E-state index in [1.165, 1.54) is 0 Å². The predicted molar refractivity (Wildman–Crippen MR) is 105 cm³/mol. The smallest absolute Gasteiger partial charge is 0.255 e. The van der Waals surface area contributed by atoms with Gasteiger partial charge in [0.1, 0.15) is 23.9 Å². The van der Waals surface area contributed by atoms with Crippen molar-refractivity contribution in [2.75, 3.05) is 25.6 Å². The highest BCUT2D eigenvalue weighted by molar-refractivity contribution is 6.04. The molecule has 0 saturated heterocycles. The number of para-hydroxylation sites is 1. The van der Waals surface area contributed by atoms with Gasteiger partial charge in [-0.2, -0.15) is 0 Å². The average molecular weight is 363 g/mol. The molecule has 0 aliphatic carbocycles. The maximum absolute atomic E-state index is 12.5. The Balaban J connectivity index is 1.61. The van der Waals surface area contributed by atoms with Gasteiger partial charge in [-0.15, -0.1) is 0 Å². The lowest BCUT2D eigenvalue weighted by atomic mass is 10.2. The lowest BCUT2D eigenvalue weighted by molar-refractivity contribution is 0.102. The highest BCUT2D eigenvalue weighted by atomic mass is 16.5. The van der Waals surface area contributed by atoms with Crippen molar-refractivity contribution in [2.24, 2.45) is 0 Å². The lowest BCUT2D eigenvalue weighted by Gasteiger charge is -2.09. The van der Waals surface area contributed by atoms with Crippen LogP contribution in [0.25, 0.3) is 0 Å². The number of rotatable bonds is 8. The van der Waals surface area contributed by atoms with Crippen LogP contribution >= 0.6 is 0 Å². The molecule has 0 aromatic heterocycles. The van der Waals surface area contributed by atoms with Crippen LogP contribution in [-0.4, -0.2) is 26.2 Å². The molecule has 3 rings (SSSR count). The third-order valence-corrected chi connectivity index (χ3v) is 3.74. The van der Waals surface area contributed by atoms with Crippen LogP contribution in [0.2, 0.25) is 0 Å².